The Hall–Kier alpha value is -1.76. The van der Waals surface area contributed by atoms with Crippen LogP contribution in [-0.2, 0) is 0 Å². The van der Waals surface area contributed by atoms with E-state index in [1.165, 1.54) is 36.0 Å². The third kappa shape index (κ3) is 2.01. The molecule has 1 nitrogen and oxygen atoms in total. The zero-order chi connectivity index (χ0) is 12.5. The number of hydrogen-bond donors (Lipinski definition) is 1. The fourth-order valence-electron chi connectivity index (χ4n) is 2.65. The van der Waals surface area contributed by atoms with Gasteiger partial charge in [-0.25, -0.2) is 0 Å². The van der Waals surface area contributed by atoms with E-state index in [4.69, 9.17) is 5.73 Å². The summed E-state index contributed by atoms with van der Waals surface area (Å²) in [5.41, 5.74) is 12.1. The molecule has 1 heteroatoms. The van der Waals surface area contributed by atoms with Crippen LogP contribution in [0.5, 0.6) is 0 Å². The molecule has 2 aromatic carbocycles. The number of hydrogen-bond acceptors (Lipinski definition) is 1. The highest BCUT2D eigenvalue weighted by atomic mass is 14.6. The minimum absolute atomic E-state index is 0.775. The molecule has 2 aromatic rings. The molecule has 0 amide bonds. The maximum absolute atomic E-state index is 6.13. The smallest absolute Gasteiger partial charge is 0.0396 e. The Bertz CT molecular complexity index is 568. The van der Waals surface area contributed by atoms with Gasteiger partial charge in [-0.1, -0.05) is 42.8 Å². The topological polar surface area (TPSA) is 26.0 Å². The standard InChI is InChI=1S/C17H19N/c1-12-8-9-16(17(18)10-12)15-7-3-6-14(11-15)13-4-2-5-13/h3,6-11,13H,2,4-5,18H2,1H3. The van der Waals surface area contributed by atoms with Gasteiger partial charge in [0.25, 0.3) is 0 Å². The molecule has 0 spiro atoms. The first-order valence-electron chi connectivity index (χ1n) is 6.70. The van der Waals surface area contributed by atoms with Gasteiger partial charge in [0.1, 0.15) is 0 Å². The maximum atomic E-state index is 6.13. The largest absolute Gasteiger partial charge is 0.398 e. The lowest BCUT2D eigenvalue weighted by molar-refractivity contribution is 0.420. The second-order valence-electron chi connectivity index (χ2n) is 5.34. The van der Waals surface area contributed by atoms with Crippen LogP contribution < -0.4 is 5.73 Å². The molecule has 1 saturated carbocycles. The van der Waals surface area contributed by atoms with Gasteiger partial charge in [-0.15, -0.1) is 0 Å². The van der Waals surface area contributed by atoms with E-state index in [0.717, 1.165) is 17.2 Å². The van der Waals surface area contributed by atoms with E-state index in [1.54, 1.807) is 0 Å². The molecule has 18 heavy (non-hydrogen) atoms. The zero-order valence-corrected chi connectivity index (χ0v) is 10.8. The molecule has 0 bridgehead atoms. The van der Waals surface area contributed by atoms with Crippen LogP contribution in [0.25, 0.3) is 11.1 Å². The molecule has 0 atom stereocenters. The summed E-state index contributed by atoms with van der Waals surface area (Å²) in [6.07, 6.45) is 4.06. The summed E-state index contributed by atoms with van der Waals surface area (Å²) in [4.78, 5) is 0. The van der Waals surface area contributed by atoms with Crippen molar-refractivity contribution in [3.63, 3.8) is 0 Å². The third-order valence-electron chi connectivity index (χ3n) is 3.98. The SMILES string of the molecule is Cc1ccc(-c2cccc(C3CCC3)c2)c(N)c1. The lowest BCUT2D eigenvalue weighted by atomic mass is 9.79. The summed E-state index contributed by atoms with van der Waals surface area (Å²) in [5.74, 6) is 0.775. The van der Waals surface area contributed by atoms with E-state index in [-0.39, 0.29) is 0 Å². The van der Waals surface area contributed by atoms with Crippen LogP contribution in [0, 0.1) is 6.92 Å². The van der Waals surface area contributed by atoms with Gasteiger partial charge in [0.15, 0.2) is 0 Å². The molecule has 1 fully saturated rings. The minimum Gasteiger partial charge on any atom is -0.398 e. The molecule has 0 aliphatic heterocycles. The Morgan fingerprint density at radius 1 is 1.06 bits per heavy atom. The van der Waals surface area contributed by atoms with Gasteiger partial charge in [-0.2, -0.15) is 0 Å². The first-order valence-corrected chi connectivity index (χ1v) is 6.70. The predicted octanol–water partition coefficient (Wildman–Crippen LogP) is 4.51. The highest BCUT2D eigenvalue weighted by molar-refractivity contribution is 5.77. The Balaban J connectivity index is 2.00. The summed E-state index contributed by atoms with van der Waals surface area (Å²) in [7, 11) is 0. The van der Waals surface area contributed by atoms with Crippen LogP contribution in [0.1, 0.15) is 36.3 Å². The molecule has 0 unspecified atom stereocenters. The van der Waals surface area contributed by atoms with E-state index >= 15 is 0 Å². The lowest BCUT2D eigenvalue weighted by Crippen LogP contribution is -2.08. The van der Waals surface area contributed by atoms with E-state index in [1.807, 2.05) is 6.07 Å². The van der Waals surface area contributed by atoms with Crippen molar-refractivity contribution in [1.29, 1.82) is 0 Å². The Morgan fingerprint density at radius 3 is 2.56 bits per heavy atom. The molecule has 0 saturated heterocycles. The summed E-state index contributed by atoms with van der Waals surface area (Å²) >= 11 is 0. The van der Waals surface area contributed by atoms with Crippen LogP contribution in [0.3, 0.4) is 0 Å². The summed E-state index contributed by atoms with van der Waals surface area (Å²) in [6, 6.07) is 15.2. The van der Waals surface area contributed by atoms with Gasteiger partial charge in [0.05, 0.1) is 0 Å². The zero-order valence-electron chi connectivity index (χ0n) is 10.8. The van der Waals surface area contributed by atoms with Crippen LogP contribution in [0.15, 0.2) is 42.5 Å². The van der Waals surface area contributed by atoms with E-state index in [0.29, 0.717) is 0 Å². The molecule has 2 N–H and O–H groups in total. The molecule has 0 aromatic heterocycles. The maximum Gasteiger partial charge on any atom is 0.0396 e. The van der Waals surface area contributed by atoms with Crippen LogP contribution in [0.4, 0.5) is 5.69 Å². The first kappa shape index (κ1) is 11.3. The minimum atomic E-state index is 0.775. The van der Waals surface area contributed by atoms with E-state index in [2.05, 4.69) is 43.3 Å². The average Bonchev–Trinajstić information content (AvgIpc) is 2.27. The quantitative estimate of drug-likeness (QED) is 0.764. The van der Waals surface area contributed by atoms with Crippen molar-refractivity contribution in [3.05, 3.63) is 53.6 Å². The molecular weight excluding hydrogens is 218 g/mol. The van der Waals surface area contributed by atoms with E-state index < -0.39 is 0 Å². The number of aryl methyl sites for hydroxylation is 1. The highest BCUT2D eigenvalue weighted by Gasteiger charge is 2.19. The molecule has 1 aliphatic carbocycles. The Kier molecular flexibility index (Phi) is 2.83. The van der Waals surface area contributed by atoms with Crippen molar-refractivity contribution in [2.45, 2.75) is 32.1 Å². The fourth-order valence-corrected chi connectivity index (χ4v) is 2.65. The first-order chi connectivity index (χ1) is 8.74. The van der Waals surface area contributed by atoms with Crippen molar-refractivity contribution in [3.8, 4) is 11.1 Å². The van der Waals surface area contributed by atoms with Crippen molar-refractivity contribution in [1.82, 2.24) is 0 Å². The van der Waals surface area contributed by atoms with Gasteiger partial charge in [0.2, 0.25) is 0 Å². The second-order valence-corrected chi connectivity index (χ2v) is 5.34. The molecular formula is C17H19N. The van der Waals surface area contributed by atoms with Gasteiger partial charge >= 0.3 is 0 Å². The van der Waals surface area contributed by atoms with Gasteiger partial charge in [-0.3, -0.25) is 0 Å². The molecule has 0 radical (unpaired) electrons. The molecule has 1 aliphatic rings. The van der Waals surface area contributed by atoms with Gasteiger partial charge in [0, 0.05) is 11.3 Å². The molecule has 0 heterocycles. The van der Waals surface area contributed by atoms with Gasteiger partial charge in [-0.05, 0) is 48.4 Å². The summed E-state index contributed by atoms with van der Waals surface area (Å²) in [6.45, 7) is 2.07. The Labute approximate surface area is 109 Å². The average molecular weight is 237 g/mol. The van der Waals surface area contributed by atoms with Gasteiger partial charge < -0.3 is 5.73 Å². The predicted molar refractivity (Wildman–Crippen MR) is 77.6 cm³/mol. The van der Waals surface area contributed by atoms with Crippen LogP contribution in [0.2, 0.25) is 0 Å². The van der Waals surface area contributed by atoms with Crippen molar-refractivity contribution in [2.75, 3.05) is 5.73 Å². The summed E-state index contributed by atoms with van der Waals surface area (Å²) < 4.78 is 0. The monoisotopic (exact) mass is 237 g/mol. The number of rotatable bonds is 2. The number of nitrogens with two attached hydrogens (primary N) is 1. The number of nitrogen functional groups attached to an aromatic ring is 1. The van der Waals surface area contributed by atoms with Crippen molar-refractivity contribution < 1.29 is 0 Å². The molecule has 3 rings (SSSR count). The van der Waals surface area contributed by atoms with Crippen molar-refractivity contribution in [2.24, 2.45) is 0 Å². The number of benzene rings is 2. The normalized spacial score (nSPS) is 15.4. The summed E-state index contributed by atoms with van der Waals surface area (Å²) in [5, 5.41) is 0. The van der Waals surface area contributed by atoms with Crippen LogP contribution >= 0.6 is 0 Å². The van der Waals surface area contributed by atoms with Crippen molar-refractivity contribution >= 4 is 5.69 Å². The molecule has 92 valence electrons. The highest BCUT2D eigenvalue weighted by Crippen LogP contribution is 2.38. The second kappa shape index (κ2) is 4.49. The Morgan fingerprint density at radius 2 is 1.89 bits per heavy atom. The third-order valence-corrected chi connectivity index (χ3v) is 3.98. The van der Waals surface area contributed by atoms with E-state index in [9.17, 15) is 0 Å². The lowest BCUT2D eigenvalue weighted by Gasteiger charge is -2.26. The fraction of sp³-hybridized carbons (Fsp3) is 0.294. The van der Waals surface area contributed by atoms with Crippen LogP contribution in [-0.4, -0.2) is 0 Å². The number of anilines is 1.